The molecule has 21 heavy (non-hydrogen) atoms. The highest BCUT2D eigenvalue weighted by Crippen LogP contribution is 2.42. The van der Waals surface area contributed by atoms with Crippen molar-refractivity contribution in [3.05, 3.63) is 66.0 Å². The number of benzene rings is 1. The fourth-order valence-electron chi connectivity index (χ4n) is 3.77. The first-order chi connectivity index (χ1) is 10.3. The largest absolute Gasteiger partial charge is 0.327 e. The molecule has 3 rings (SSSR count). The number of nitrogens with two attached hydrogens (primary N) is 1. The van der Waals surface area contributed by atoms with Crippen LogP contribution in [0.4, 0.5) is 0 Å². The Hall–Kier alpha value is -1.67. The van der Waals surface area contributed by atoms with Crippen molar-refractivity contribution in [3.63, 3.8) is 0 Å². The van der Waals surface area contributed by atoms with E-state index in [2.05, 4.69) is 41.4 Å². The van der Waals surface area contributed by atoms with Gasteiger partial charge in [-0.25, -0.2) is 0 Å². The van der Waals surface area contributed by atoms with E-state index < -0.39 is 0 Å². The van der Waals surface area contributed by atoms with E-state index in [0.717, 1.165) is 12.1 Å². The summed E-state index contributed by atoms with van der Waals surface area (Å²) in [7, 11) is 0. The van der Waals surface area contributed by atoms with Crippen molar-refractivity contribution in [1.82, 2.24) is 4.98 Å². The number of nitrogens with zero attached hydrogens (tertiary/aromatic N) is 1. The van der Waals surface area contributed by atoms with Gasteiger partial charge in [-0.1, -0.05) is 55.7 Å². The molecule has 1 atom stereocenters. The summed E-state index contributed by atoms with van der Waals surface area (Å²) < 4.78 is 0. The minimum atomic E-state index is 0.122. The number of aromatic nitrogens is 1. The van der Waals surface area contributed by atoms with Gasteiger partial charge in [-0.3, -0.25) is 4.98 Å². The fraction of sp³-hybridized carbons (Fsp3) is 0.421. The number of hydrogen-bond donors (Lipinski definition) is 1. The van der Waals surface area contributed by atoms with E-state index in [4.69, 9.17) is 5.73 Å². The third-order valence-corrected chi connectivity index (χ3v) is 4.96. The van der Waals surface area contributed by atoms with Crippen LogP contribution in [0.25, 0.3) is 0 Å². The second-order valence-electron chi connectivity index (χ2n) is 6.21. The summed E-state index contributed by atoms with van der Waals surface area (Å²) >= 11 is 0. The molecule has 2 N–H and O–H groups in total. The maximum Gasteiger partial charge on any atom is 0.0419 e. The van der Waals surface area contributed by atoms with Crippen LogP contribution in [0.5, 0.6) is 0 Å². The van der Waals surface area contributed by atoms with Crippen LogP contribution < -0.4 is 5.73 Å². The lowest BCUT2D eigenvalue weighted by molar-refractivity contribution is 0.240. The van der Waals surface area contributed by atoms with Crippen LogP contribution in [0.15, 0.2) is 54.7 Å². The van der Waals surface area contributed by atoms with Crippen LogP contribution >= 0.6 is 0 Å². The van der Waals surface area contributed by atoms with Crippen LogP contribution in [0.1, 0.15) is 43.4 Å². The Morgan fingerprint density at radius 1 is 0.952 bits per heavy atom. The van der Waals surface area contributed by atoms with Crippen LogP contribution in [0.3, 0.4) is 0 Å². The Bertz CT molecular complexity index is 544. The molecule has 0 aliphatic heterocycles. The van der Waals surface area contributed by atoms with Crippen molar-refractivity contribution < 1.29 is 0 Å². The zero-order valence-corrected chi connectivity index (χ0v) is 12.5. The molecule has 0 radical (unpaired) electrons. The summed E-state index contributed by atoms with van der Waals surface area (Å²) in [6, 6.07) is 17.1. The molecule has 0 bridgehead atoms. The van der Waals surface area contributed by atoms with Crippen molar-refractivity contribution in [1.29, 1.82) is 0 Å². The Kier molecular flexibility index (Phi) is 4.35. The van der Waals surface area contributed by atoms with Gasteiger partial charge in [-0.05, 0) is 30.5 Å². The first-order valence-electron chi connectivity index (χ1n) is 8.02. The predicted molar refractivity (Wildman–Crippen MR) is 87.1 cm³/mol. The minimum absolute atomic E-state index is 0.122. The molecule has 0 spiro atoms. The van der Waals surface area contributed by atoms with E-state index in [-0.39, 0.29) is 11.5 Å². The summed E-state index contributed by atoms with van der Waals surface area (Å²) in [6.07, 6.45) is 9.02. The van der Waals surface area contributed by atoms with Gasteiger partial charge in [-0.15, -0.1) is 0 Å². The van der Waals surface area contributed by atoms with Crippen LogP contribution in [-0.2, 0) is 11.8 Å². The summed E-state index contributed by atoms with van der Waals surface area (Å²) in [5.41, 5.74) is 9.34. The van der Waals surface area contributed by atoms with Gasteiger partial charge in [0.25, 0.3) is 0 Å². The van der Waals surface area contributed by atoms with Crippen LogP contribution in [-0.4, -0.2) is 11.0 Å². The monoisotopic (exact) mass is 280 g/mol. The van der Waals surface area contributed by atoms with Gasteiger partial charge in [0.05, 0.1) is 0 Å². The number of rotatable bonds is 4. The molecular weight excluding hydrogens is 256 g/mol. The maximum absolute atomic E-state index is 6.71. The smallest absolute Gasteiger partial charge is 0.0419 e. The van der Waals surface area contributed by atoms with E-state index in [1.165, 1.54) is 37.7 Å². The van der Waals surface area contributed by atoms with E-state index in [1.54, 1.807) is 0 Å². The first kappa shape index (κ1) is 14.3. The maximum atomic E-state index is 6.71. The van der Waals surface area contributed by atoms with Gasteiger partial charge in [0.2, 0.25) is 0 Å². The topological polar surface area (TPSA) is 38.9 Å². The molecule has 1 saturated carbocycles. The Labute approximate surface area is 127 Å². The Morgan fingerprint density at radius 3 is 2.33 bits per heavy atom. The standard InChI is InChI=1S/C19H24N2/c20-18(15-17-11-5-8-14-21-17)19(12-6-2-7-13-19)16-9-3-1-4-10-16/h1,3-5,8-11,14,18H,2,6-7,12-13,15,20H2. The van der Waals surface area contributed by atoms with Gasteiger partial charge in [-0.2, -0.15) is 0 Å². The molecule has 0 amide bonds. The molecule has 1 aromatic carbocycles. The lowest BCUT2D eigenvalue weighted by Gasteiger charge is -2.42. The van der Waals surface area contributed by atoms with Gasteiger partial charge < -0.3 is 5.73 Å². The summed E-state index contributed by atoms with van der Waals surface area (Å²) in [5, 5.41) is 0. The van der Waals surface area contributed by atoms with Crippen molar-refractivity contribution in [2.75, 3.05) is 0 Å². The average molecular weight is 280 g/mol. The predicted octanol–water partition coefficient (Wildman–Crippen LogP) is 3.85. The third kappa shape index (κ3) is 3.01. The van der Waals surface area contributed by atoms with Crippen LogP contribution in [0, 0.1) is 0 Å². The highest BCUT2D eigenvalue weighted by atomic mass is 14.7. The first-order valence-corrected chi connectivity index (χ1v) is 8.02. The van der Waals surface area contributed by atoms with Gasteiger partial charge in [0.15, 0.2) is 0 Å². The summed E-state index contributed by atoms with van der Waals surface area (Å²) in [5.74, 6) is 0. The van der Waals surface area contributed by atoms with Crippen LogP contribution in [0.2, 0.25) is 0 Å². The van der Waals surface area contributed by atoms with E-state index >= 15 is 0 Å². The fourth-order valence-corrected chi connectivity index (χ4v) is 3.77. The zero-order valence-electron chi connectivity index (χ0n) is 12.5. The van der Waals surface area contributed by atoms with Gasteiger partial charge in [0, 0.05) is 29.8 Å². The second kappa shape index (κ2) is 6.40. The molecule has 2 aromatic rings. The average Bonchev–Trinajstić information content (AvgIpc) is 2.57. The van der Waals surface area contributed by atoms with E-state index in [1.807, 2.05) is 18.3 Å². The Morgan fingerprint density at radius 2 is 1.67 bits per heavy atom. The quantitative estimate of drug-likeness (QED) is 0.923. The molecule has 0 saturated heterocycles. The Balaban J connectivity index is 1.88. The molecule has 2 heteroatoms. The zero-order chi connectivity index (χ0) is 14.5. The van der Waals surface area contributed by atoms with Crippen molar-refractivity contribution >= 4 is 0 Å². The molecule has 1 fully saturated rings. The molecule has 1 aliphatic rings. The minimum Gasteiger partial charge on any atom is -0.327 e. The summed E-state index contributed by atoms with van der Waals surface area (Å²) in [6.45, 7) is 0. The molecule has 2 nitrogen and oxygen atoms in total. The van der Waals surface area contributed by atoms with Gasteiger partial charge >= 0.3 is 0 Å². The second-order valence-corrected chi connectivity index (χ2v) is 6.21. The van der Waals surface area contributed by atoms with Crippen molar-refractivity contribution in [2.24, 2.45) is 5.73 Å². The third-order valence-electron chi connectivity index (χ3n) is 4.96. The molecule has 1 unspecified atom stereocenters. The lowest BCUT2D eigenvalue weighted by atomic mass is 9.64. The SMILES string of the molecule is NC(Cc1ccccn1)C1(c2ccccc2)CCCCC1. The van der Waals surface area contributed by atoms with E-state index in [9.17, 15) is 0 Å². The highest BCUT2D eigenvalue weighted by Gasteiger charge is 2.39. The molecule has 1 heterocycles. The molecular formula is C19H24N2. The highest BCUT2D eigenvalue weighted by molar-refractivity contribution is 5.29. The number of hydrogen-bond acceptors (Lipinski definition) is 2. The number of pyridine rings is 1. The van der Waals surface area contributed by atoms with E-state index in [0.29, 0.717) is 0 Å². The summed E-state index contributed by atoms with van der Waals surface area (Å²) in [4.78, 5) is 4.46. The van der Waals surface area contributed by atoms with Gasteiger partial charge in [0.1, 0.15) is 0 Å². The van der Waals surface area contributed by atoms with Crippen molar-refractivity contribution in [2.45, 2.75) is 50.0 Å². The molecule has 1 aromatic heterocycles. The lowest BCUT2D eigenvalue weighted by Crippen LogP contribution is -2.48. The van der Waals surface area contributed by atoms with Crippen molar-refractivity contribution in [3.8, 4) is 0 Å². The molecule has 110 valence electrons. The molecule has 1 aliphatic carbocycles. The normalized spacial score (nSPS) is 19.1.